The average Bonchev–Trinajstić information content (AvgIpc) is 2.49. The first-order valence-corrected chi connectivity index (χ1v) is 7.38. The number of hydrogen-bond donors (Lipinski definition) is 0. The first-order valence-electron chi connectivity index (χ1n) is 6.62. The summed E-state index contributed by atoms with van der Waals surface area (Å²) in [6.07, 6.45) is 4.34. The number of methoxy groups -OCH3 is 1. The largest absolute Gasteiger partial charge is 2.00 e. The molecule has 4 heteroatoms. The van der Waals surface area contributed by atoms with Crippen LogP contribution in [0.2, 0.25) is 10.0 Å². The molecule has 2 aromatic carbocycles. The Morgan fingerprint density at radius 1 is 1.09 bits per heavy atom. The molecule has 1 aliphatic rings. The van der Waals surface area contributed by atoms with Crippen LogP contribution in [-0.4, -0.2) is 7.11 Å². The Kier molecular flexibility index (Phi) is 7.28. The van der Waals surface area contributed by atoms with Crippen molar-refractivity contribution >= 4 is 23.2 Å². The molecular weight excluding hydrogens is 358 g/mol. The number of rotatable bonds is 2. The van der Waals surface area contributed by atoms with Crippen molar-refractivity contribution < 1.29 is 21.8 Å². The summed E-state index contributed by atoms with van der Waals surface area (Å²) >= 11 is 12.2. The minimum absolute atomic E-state index is 0. The van der Waals surface area contributed by atoms with E-state index >= 15 is 0 Å². The zero-order chi connectivity index (χ0) is 14.1. The second kappa shape index (κ2) is 8.26. The fraction of sp³-hybridized carbons (Fsp3) is 0.222. The Bertz CT molecular complexity index is 643. The number of hydrogen-bond acceptors (Lipinski definition) is 1. The predicted octanol–water partition coefficient (Wildman–Crippen LogP) is 5.73. The third-order valence-corrected chi connectivity index (χ3v) is 4.58. The molecule has 117 valence electrons. The van der Waals surface area contributed by atoms with E-state index in [2.05, 4.69) is 24.6 Å². The van der Waals surface area contributed by atoms with E-state index in [1.165, 1.54) is 16.7 Å². The quantitative estimate of drug-likeness (QED) is 0.480. The van der Waals surface area contributed by atoms with Crippen LogP contribution in [0.25, 0.3) is 0 Å². The summed E-state index contributed by atoms with van der Waals surface area (Å²) in [7, 11) is 1.70. The van der Waals surface area contributed by atoms with Gasteiger partial charge in [-0.2, -0.15) is 12.8 Å². The van der Waals surface area contributed by atoms with Crippen molar-refractivity contribution in [2.24, 2.45) is 0 Å². The summed E-state index contributed by atoms with van der Waals surface area (Å²) < 4.78 is 5.35. The zero-order valence-corrected chi connectivity index (χ0v) is 15.3. The van der Waals surface area contributed by atoms with Crippen LogP contribution in [0.15, 0.2) is 36.4 Å². The van der Waals surface area contributed by atoms with Crippen LogP contribution in [0, 0.1) is 13.8 Å². The van der Waals surface area contributed by atoms with Gasteiger partial charge in [0, 0.05) is 0 Å². The van der Waals surface area contributed by atoms with Gasteiger partial charge < -0.3 is 18.6 Å². The van der Waals surface area contributed by atoms with Crippen LogP contribution in [0.3, 0.4) is 0 Å². The van der Waals surface area contributed by atoms with E-state index in [0.717, 1.165) is 18.6 Å². The molecule has 0 aliphatic heterocycles. The smallest absolute Gasteiger partial charge is 0.497 e. The maximum atomic E-state index is 6.15. The molecule has 0 spiro atoms. The molecule has 22 heavy (non-hydrogen) atoms. The molecule has 1 aliphatic carbocycles. The topological polar surface area (TPSA) is 9.23 Å². The van der Waals surface area contributed by atoms with Gasteiger partial charge in [0.2, 0.25) is 0 Å². The summed E-state index contributed by atoms with van der Waals surface area (Å²) in [5.41, 5.74) is 3.88. The monoisotopic (exact) mass is 375 g/mol. The molecule has 0 aromatic heterocycles. The molecule has 0 N–H and O–H groups in total. The van der Waals surface area contributed by atoms with Gasteiger partial charge in [-0.3, -0.25) is 0 Å². The van der Waals surface area contributed by atoms with Crippen LogP contribution in [0.1, 0.15) is 29.0 Å². The fourth-order valence-corrected chi connectivity index (χ4v) is 3.09. The second-order valence-corrected chi connectivity index (χ2v) is 5.83. The molecule has 0 amide bonds. The number of fused-ring (bicyclic) bond motifs is 1. The summed E-state index contributed by atoms with van der Waals surface area (Å²) in [6, 6.07) is 12.2. The summed E-state index contributed by atoms with van der Waals surface area (Å²) in [5.74, 6) is 1.22. The molecule has 1 radical (unpaired) electrons. The van der Waals surface area contributed by atoms with Crippen molar-refractivity contribution in [3.05, 3.63) is 77.0 Å². The van der Waals surface area contributed by atoms with Gasteiger partial charge in [-0.25, -0.2) is 0 Å². The molecule has 2 aromatic rings. The van der Waals surface area contributed by atoms with E-state index in [1.54, 1.807) is 7.11 Å². The maximum absolute atomic E-state index is 6.15. The SMILES string of the molecule is COc1ccc2c(c1)[C@H](c1ccc(Cl)c(Cl)c1)C[CH-]C2.[CH3-].[Mn+2]. The molecule has 0 unspecified atom stereocenters. The Morgan fingerprint density at radius 2 is 1.86 bits per heavy atom. The van der Waals surface area contributed by atoms with Gasteiger partial charge in [0.05, 0.1) is 17.2 Å². The average molecular weight is 376 g/mol. The van der Waals surface area contributed by atoms with Gasteiger partial charge in [0.1, 0.15) is 5.75 Å². The first kappa shape index (κ1) is 19.4. The van der Waals surface area contributed by atoms with E-state index < -0.39 is 0 Å². The van der Waals surface area contributed by atoms with Gasteiger partial charge >= 0.3 is 17.1 Å². The van der Waals surface area contributed by atoms with Crippen molar-refractivity contribution in [2.45, 2.75) is 18.8 Å². The van der Waals surface area contributed by atoms with E-state index in [4.69, 9.17) is 27.9 Å². The Hall–Kier alpha value is -0.661. The molecule has 1 atom stereocenters. The fourth-order valence-electron chi connectivity index (χ4n) is 2.79. The second-order valence-electron chi connectivity index (χ2n) is 5.02. The maximum Gasteiger partial charge on any atom is 2.00 e. The van der Waals surface area contributed by atoms with Crippen LogP contribution in [-0.2, 0) is 23.5 Å². The molecule has 0 saturated carbocycles. The third kappa shape index (κ3) is 3.81. The van der Waals surface area contributed by atoms with E-state index in [9.17, 15) is 0 Å². The van der Waals surface area contributed by atoms with E-state index in [1.807, 2.05) is 18.2 Å². The van der Waals surface area contributed by atoms with E-state index in [0.29, 0.717) is 16.0 Å². The minimum Gasteiger partial charge on any atom is -0.497 e. The Balaban J connectivity index is 0.00000121. The normalized spacial score (nSPS) is 16.0. The molecular formula is C18H18Cl2MnO. The zero-order valence-electron chi connectivity index (χ0n) is 12.6. The summed E-state index contributed by atoms with van der Waals surface area (Å²) in [4.78, 5) is 0. The van der Waals surface area contributed by atoms with Crippen LogP contribution in [0.4, 0.5) is 0 Å². The van der Waals surface area contributed by atoms with Gasteiger partial charge in [-0.15, -0.1) is 0 Å². The van der Waals surface area contributed by atoms with Gasteiger partial charge in [-0.05, 0) is 41.3 Å². The molecule has 0 fully saturated rings. The van der Waals surface area contributed by atoms with Gasteiger partial charge in [0.25, 0.3) is 0 Å². The summed E-state index contributed by atoms with van der Waals surface area (Å²) in [5, 5.41) is 1.21. The summed E-state index contributed by atoms with van der Waals surface area (Å²) in [6.45, 7) is 0. The van der Waals surface area contributed by atoms with Crippen molar-refractivity contribution in [1.29, 1.82) is 0 Å². The predicted molar refractivity (Wildman–Crippen MR) is 90.3 cm³/mol. The minimum atomic E-state index is 0. The van der Waals surface area contributed by atoms with Gasteiger partial charge in [-0.1, -0.05) is 40.9 Å². The number of benzene rings is 2. The van der Waals surface area contributed by atoms with Crippen LogP contribution in [0.5, 0.6) is 5.75 Å². The number of halogens is 2. The number of ether oxygens (including phenoxy) is 1. The van der Waals surface area contributed by atoms with Crippen LogP contribution < -0.4 is 4.74 Å². The molecule has 3 rings (SSSR count). The molecule has 1 nitrogen and oxygen atoms in total. The molecule has 0 bridgehead atoms. The van der Waals surface area contributed by atoms with Crippen molar-refractivity contribution in [3.8, 4) is 5.75 Å². The Morgan fingerprint density at radius 3 is 2.55 bits per heavy atom. The first-order chi connectivity index (χ1) is 9.69. The third-order valence-electron chi connectivity index (χ3n) is 3.84. The molecule has 0 saturated heterocycles. The van der Waals surface area contributed by atoms with Crippen molar-refractivity contribution in [2.75, 3.05) is 7.11 Å². The van der Waals surface area contributed by atoms with Crippen LogP contribution >= 0.6 is 23.2 Å². The standard InChI is InChI=1S/C17H15Cl2O.CH3.Mn/c1-20-13-7-5-11-3-2-4-14(15(11)10-13)12-6-8-16(18)17(19)9-12;;/h2,5-10,14H,3-4H2,1H3;1H3;/q2*-1;+2/t14-;;/m0../s1. The van der Waals surface area contributed by atoms with Crippen molar-refractivity contribution in [3.63, 3.8) is 0 Å². The Labute approximate surface area is 153 Å². The molecule has 0 heterocycles. The van der Waals surface area contributed by atoms with Crippen molar-refractivity contribution in [1.82, 2.24) is 0 Å². The van der Waals surface area contributed by atoms with E-state index in [-0.39, 0.29) is 24.5 Å². The van der Waals surface area contributed by atoms with Gasteiger partial charge in [0.15, 0.2) is 0 Å².